The molecule has 128 valence electrons. The second kappa shape index (κ2) is 4.79. The van der Waals surface area contributed by atoms with Crippen LogP contribution >= 0.6 is 11.6 Å². The van der Waals surface area contributed by atoms with Crippen molar-refractivity contribution < 1.29 is 4.52 Å². The highest BCUT2D eigenvalue weighted by Gasteiger charge is 2.31. The summed E-state index contributed by atoms with van der Waals surface area (Å²) in [6, 6.07) is 5.73. The van der Waals surface area contributed by atoms with E-state index in [0.717, 1.165) is 29.4 Å². The van der Waals surface area contributed by atoms with Crippen LogP contribution in [0.3, 0.4) is 0 Å². The molecule has 0 N–H and O–H groups in total. The van der Waals surface area contributed by atoms with Crippen LogP contribution in [0.2, 0.25) is 5.02 Å². The van der Waals surface area contributed by atoms with Crippen molar-refractivity contribution in [2.24, 2.45) is 0 Å². The third kappa shape index (κ3) is 1.82. The van der Waals surface area contributed by atoms with Gasteiger partial charge in [-0.1, -0.05) is 22.8 Å². The summed E-state index contributed by atoms with van der Waals surface area (Å²) in [4.78, 5) is 13.7. The van der Waals surface area contributed by atoms with Crippen molar-refractivity contribution >= 4 is 33.8 Å². The highest BCUT2D eigenvalue weighted by Crippen LogP contribution is 2.40. The predicted octanol–water partition coefficient (Wildman–Crippen LogP) is 3.42. The molecule has 0 aliphatic heterocycles. The van der Waals surface area contributed by atoms with Gasteiger partial charge in [0.15, 0.2) is 17.0 Å². The lowest BCUT2D eigenvalue weighted by Gasteiger charge is -2.06. The number of aryl methyl sites for hydroxylation is 1. The van der Waals surface area contributed by atoms with Crippen LogP contribution < -0.4 is 0 Å². The molecule has 4 aromatic heterocycles. The molecule has 0 bridgehead atoms. The van der Waals surface area contributed by atoms with Gasteiger partial charge >= 0.3 is 0 Å². The van der Waals surface area contributed by atoms with Crippen LogP contribution in [0.25, 0.3) is 33.7 Å². The molecule has 0 saturated heterocycles. The molecule has 5 aromatic rings. The standard InChI is InChI=1S/C17H12ClN7O/c1-8-20-15-12-10(18)3-2-4-11(12)24-7-19-13(17(24)25(15)22-8)14-21-16(26-23-14)9-5-6-9/h2-4,7,9H,5-6H2,1H3. The topological polar surface area (TPSA) is 86.4 Å². The van der Waals surface area contributed by atoms with Gasteiger partial charge in [0.2, 0.25) is 11.7 Å². The predicted molar refractivity (Wildman–Crippen MR) is 94.3 cm³/mol. The number of hydrogen-bond donors (Lipinski definition) is 0. The molecule has 0 amide bonds. The average Bonchev–Trinajstić information content (AvgIpc) is 3.05. The van der Waals surface area contributed by atoms with Crippen LogP contribution in [0.15, 0.2) is 29.0 Å². The number of aromatic nitrogens is 7. The Morgan fingerprint density at radius 3 is 2.96 bits per heavy atom. The lowest BCUT2D eigenvalue weighted by Crippen LogP contribution is -2.00. The summed E-state index contributed by atoms with van der Waals surface area (Å²) >= 11 is 6.46. The summed E-state index contributed by atoms with van der Waals surface area (Å²) in [5.74, 6) is 2.18. The van der Waals surface area contributed by atoms with Crippen LogP contribution in [0.5, 0.6) is 0 Å². The molecule has 0 radical (unpaired) electrons. The van der Waals surface area contributed by atoms with E-state index in [-0.39, 0.29) is 0 Å². The van der Waals surface area contributed by atoms with Gasteiger partial charge in [-0.25, -0.2) is 9.97 Å². The van der Waals surface area contributed by atoms with E-state index in [9.17, 15) is 0 Å². The number of imidazole rings is 1. The monoisotopic (exact) mass is 365 g/mol. The minimum Gasteiger partial charge on any atom is -0.339 e. The van der Waals surface area contributed by atoms with E-state index in [4.69, 9.17) is 16.1 Å². The van der Waals surface area contributed by atoms with E-state index in [2.05, 4.69) is 25.2 Å². The third-order valence-electron chi connectivity index (χ3n) is 4.71. The fourth-order valence-electron chi connectivity index (χ4n) is 3.37. The van der Waals surface area contributed by atoms with Gasteiger partial charge in [0, 0.05) is 5.92 Å². The van der Waals surface area contributed by atoms with E-state index < -0.39 is 0 Å². The molecule has 4 heterocycles. The molecule has 8 nitrogen and oxygen atoms in total. The molecule has 1 saturated carbocycles. The van der Waals surface area contributed by atoms with Gasteiger partial charge in [-0.3, -0.25) is 4.40 Å². The summed E-state index contributed by atoms with van der Waals surface area (Å²) in [6.45, 7) is 1.85. The summed E-state index contributed by atoms with van der Waals surface area (Å²) in [7, 11) is 0. The maximum atomic E-state index is 6.46. The van der Waals surface area contributed by atoms with E-state index >= 15 is 0 Å². The lowest BCUT2D eigenvalue weighted by molar-refractivity contribution is 0.380. The third-order valence-corrected chi connectivity index (χ3v) is 5.03. The van der Waals surface area contributed by atoms with Crippen molar-refractivity contribution in [3.8, 4) is 11.5 Å². The van der Waals surface area contributed by atoms with Crippen molar-refractivity contribution in [2.75, 3.05) is 0 Å². The van der Waals surface area contributed by atoms with Crippen LogP contribution in [0.1, 0.15) is 30.5 Å². The number of halogens is 1. The number of fused-ring (bicyclic) bond motifs is 6. The smallest absolute Gasteiger partial charge is 0.230 e. The summed E-state index contributed by atoms with van der Waals surface area (Å²) in [5, 5.41) is 10.1. The van der Waals surface area contributed by atoms with Gasteiger partial charge in [0.1, 0.15) is 12.2 Å². The number of rotatable bonds is 2. The Hall–Kier alpha value is -3.00. The zero-order valence-electron chi connectivity index (χ0n) is 13.7. The number of benzene rings is 1. The van der Waals surface area contributed by atoms with Crippen LogP contribution in [-0.2, 0) is 0 Å². The minimum atomic E-state index is 0.387. The number of hydrogen-bond acceptors (Lipinski definition) is 6. The van der Waals surface area contributed by atoms with Crippen LogP contribution in [0.4, 0.5) is 0 Å². The van der Waals surface area contributed by atoms with Gasteiger partial charge in [-0.05, 0) is 31.9 Å². The second-order valence-corrected chi connectivity index (χ2v) is 6.95. The second-order valence-electron chi connectivity index (χ2n) is 6.55. The Kier molecular flexibility index (Phi) is 2.62. The largest absolute Gasteiger partial charge is 0.339 e. The quantitative estimate of drug-likeness (QED) is 0.476. The first kappa shape index (κ1) is 14.2. The maximum Gasteiger partial charge on any atom is 0.230 e. The van der Waals surface area contributed by atoms with Gasteiger partial charge in [-0.15, -0.1) is 5.10 Å². The molecule has 26 heavy (non-hydrogen) atoms. The average molecular weight is 366 g/mol. The molecule has 1 aliphatic carbocycles. The Bertz CT molecular complexity index is 1330. The fourth-order valence-corrected chi connectivity index (χ4v) is 3.62. The first-order chi connectivity index (χ1) is 12.7. The Morgan fingerprint density at radius 1 is 1.23 bits per heavy atom. The van der Waals surface area contributed by atoms with Crippen molar-refractivity contribution in [1.29, 1.82) is 0 Å². The van der Waals surface area contributed by atoms with Gasteiger partial charge in [0.05, 0.1) is 15.9 Å². The fraction of sp³-hybridized carbons (Fsp3) is 0.235. The minimum absolute atomic E-state index is 0.387. The number of nitrogens with zero attached hydrogens (tertiary/aromatic N) is 7. The van der Waals surface area contributed by atoms with Crippen molar-refractivity contribution in [3.05, 3.63) is 41.3 Å². The van der Waals surface area contributed by atoms with Gasteiger partial charge in [0.25, 0.3) is 0 Å². The molecule has 6 rings (SSSR count). The van der Waals surface area contributed by atoms with Gasteiger partial charge in [-0.2, -0.15) is 9.50 Å². The zero-order valence-corrected chi connectivity index (χ0v) is 14.5. The van der Waals surface area contributed by atoms with E-state index in [1.807, 2.05) is 29.5 Å². The molecule has 9 heteroatoms. The Balaban J connectivity index is 1.76. The van der Waals surface area contributed by atoms with E-state index in [1.165, 1.54) is 0 Å². The Labute approximate surface area is 151 Å². The molecule has 1 fully saturated rings. The molecule has 0 atom stereocenters. The first-order valence-corrected chi connectivity index (χ1v) is 8.73. The highest BCUT2D eigenvalue weighted by atomic mass is 35.5. The molecular weight excluding hydrogens is 354 g/mol. The zero-order chi connectivity index (χ0) is 17.4. The highest BCUT2D eigenvalue weighted by molar-refractivity contribution is 6.36. The molecular formula is C17H12ClN7O. The van der Waals surface area contributed by atoms with E-state index in [0.29, 0.717) is 39.8 Å². The van der Waals surface area contributed by atoms with E-state index in [1.54, 1.807) is 10.8 Å². The molecule has 1 aromatic carbocycles. The van der Waals surface area contributed by atoms with Crippen molar-refractivity contribution in [2.45, 2.75) is 25.7 Å². The molecule has 1 aliphatic rings. The molecule has 0 spiro atoms. The normalized spacial score (nSPS) is 14.8. The molecule has 0 unspecified atom stereocenters. The summed E-state index contributed by atoms with van der Waals surface area (Å²) in [6.07, 6.45) is 3.93. The summed E-state index contributed by atoms with van der Waals surface area (Å²) < 4.78 is 9.09. The van der Waals surface area contributed by atoms with Crippen molar-refractivity contribution in [3.63, 3.8) is 0 Å². The van der Waals surface area contributed by atoms with Crippen LogP contribution in [0, 0.1) is 6.92 Å². The first-order valence-electron chi connectivity index (χ1n) is 8.35. The lowest BCUT2D eigenvalue weighted by atomic mass is 10.2. The van der Waals surface area contributed by atoms with Gasteiger partial charge < -0.3 is 4.52 Å². The van der Waals surface area contributed by atoms with Crippen LogP contribution in [-0.4, -0.2) is 34.1 Å². The Morgan fingerprint density at radius 2 is 2.12 bits per heavy atom. The SMILES string of the molecule is Cc1nc2c3c(Cl)cccc3n3cnc(-c4noc(C5CC5)n4)c3n2n1. The summed E-state index contributed by atoms with van der Waals surface area (Å²) in [5.41, 5.74) is 2.93. The maximum absolute atomic E-state index is 6.46. The van der Waals surface area contributed by atoms with Crippen molar-refractivity contribution in [1.82, 2.24) is 34.1 Å².